The third-order valence-corrected chi connectivity index (χ3v) is 3.19. The van der Waals surface area contributed by atoms with Crippen LogP contribution in [0, 0.1) is 0 Å². The number of carbonyl (C=O) groups excluding carboxylic acids is 1. The SMILES string of the molecule is CC1(c2ccc3c(c2)CCC(=O)N3)CO1. The minimum atomic E-state index is -0.0729. The largest absolute Gasteiger partial charge is 0.365 e. The molecule has 1 saturated heterocycles. The van der Waals surface area contributed by atoms with Gasteiger partial charge in [0.1, 0.15) is 5.60 Å². The summed E-state index contributed by atoms with van der Waals surface area (Å²) in [5.41, 5.74) is 3.33. The van der Waals surface area contributed by atoms with Crippen LogP contribution in [0.25, 0.3) is 0 Å². The van der Waals surface area contributed by atoms with Gasteiger partial charge in [-0.05, 0) is 30.5 Å². The van der Waals surface area contributed by atoms with Gasteiger partial charge >= 0.3 is 0 Å². The molecule has 0 spiro atoms. The lowest BCUT2D eigenvalue weighted by molar-refractivity contribution is -0.116. The van der Waals surface area contributed by atoms with E-state index in [0.29, 0.717) is 6.42 Å². The molecule has 0 bridgehead atoms. The fourth-order valence-electron chi connectivity index (χ4n) is 1.99. The van der Waals surface area contributed by atoms with Gasteiger partial charge in [0.2, 0.25) is 5.91 Å². The summed E-state index contributed by atoms with van der Waals surface area (Å²) < 4.78 is 5.41. The maximum Gasteiger partial charge on any atom is 0.224 e. The maximum atomic E-state index is 11.2. The van der Waals surface area contributed by atoms with E-state index in [1.165, 1.54) is 11.1 Å². The van der Waals surface area contributed by atoms with Crippen molar-refractivity contribution in [2.24, 2.45) is 0 Å². The Bertz CT molecular complexity index is 435. The summed E-state index contributed by atoms with van der Waals surface area (Å²) in [5.74, 6) is 0.115. The van der Waals surface area contributed by atoms with Crippen molar-refractivity contribution < 1.29 is 9.53 Å². The van der Waals surface area contributed by atoms with Gasteiger partial charge < -0.3 is 10.1 Å². The Labute approximate surface area is 88.4 Å². The average Bonchev–Trinajstić information content (AvgIpc) is 2.97. The van der Waals surface area contributed by atoms with Gasteiger partial charge in [0.05, 0.1) is 6.61 Å². The number of carbonyl (C=O) groups is 1. The molecule has 3 nitrogen and oxygen atoms in total. The third-order valence-electron chi connectivity index (χ3n) is 3.19. The monoisotopic (exact) mass is 203 g/mol. The quantitative estimate of drug-likeness (QED) is 0.707. The first-order valence-corrected chi connectivity index (χ1v) is 5.25. The van der Waals surface area contributed by atoms with Gasteiger partial charge in [0.25, 0.3) is 0 Å². The molecule has 1 unspecified atom stereocenters. The zero-order valence-corrected chi connectivity index (χ0v) is 8.67. The van der Waals surface area contributed by atoms with E-state index < -0.39 is 0 Å². The minimum Gasteiger partial charge on any atom is -0.365 e. The highest BCUT2D eigenvalue weighted by Gasteiger charge is 2.41. The summed E-state index contributed by atoms with van der Waals surface area (Å²) in [6, 6.07) is 6.17. The molecule has 1 aromatic carbocycles. The standard InChI is InChI=1S/C12H13NO2/c1-12(7-15-12)9-3-4-10-8(6-9)2-5-11(14)13-10/h3-4,6H,2,5,7H2,1H3,(H,13,14). The number of ether oxygens (including phenoxy) is 1. The predicted molar refractivity (Wildman–Crippen MR) is 56.7 cm³/mol. The Kier molecular flexibility index (Phi) is 1.68. The van der Waals surface area contributed by atoms with Crippen LogP contribution in [-0.2, 0) is 21.6 Å². The van der Waals surface area contributed by atoms with Gasteiger partial charge in [0.15, 0.2) is 0 Å². The topological polar surface area (TPSA) is 41.6 Å². The Morgan fingerprint density at radius 1 is 1.40 bits per heavy atom. The molecule has 0 saturated carbocycles. The molecule has 0 radical (unpaired) electrons. The van der Waals surface area contributed by atoms with E-state index in [-0.39, 0.29) is 11.5 Å². The van der Waals surface area contributed by atoms with Crippen LogP contribution in [0.2, 0.25) is 0 Å². The molecule has 78 valence electrons. The van der Waals surface area contributed by atoms with Crippen molar-refractivity contribution in [2.75, 3.05) is 11.9 Å². The molecule has 1 atom stereocenters. The van der Waals surface area contributed by atoms with Gasteiger partial charge in [-0.25, -0.2) is 0 Å². The first-order valence-electron chi connectivity index (χ1n) is 5.25. The number of epoxide rings is 1. The van der Waals surface area contributed by atoms with Crippen LogP contribution in [-0.4, -0.2) is 12.5 Å². The van der Waals surface area contributed by atoms with Crippen molar-refractivity contribution in [3.8, 4) is 0 Å². The van der Waals surface area contributed by atoms with Crippen LogP contribution in [0.3, 0.4) is 0 Å². The number of anilines is 1. The van der Waals surface area contributed by atoms with Gasteiger partial charge in [-0.2, -0.15) is 0 Å². The van der Waals surface area contributed by atoms with Crippen LogP contribution in [0.1, 0.15) is 24.5 Å². The Hall–Kier alpha value is -1.35. The van der Waals surface area contributed by atoms with Gasteiger partial charge in [0, 0.05) is 12.1 Å². The lowest BCUT2D eigenvalue weighted by Gasteiger charge is -2.18. The third kappa shape index (κ3) is 1.43. The van der Waals surface area contributed by atoms with Crippen LogP contribution < -0.4 is 5.32 Å². The molecule has 15 heavy (non-hydrogen) atoms. The van der Waals surface area contributed by atoms with Gasteiger partial charge in [-0.3, -0.25) is 4.79 Å². The molecule has 0 aromatic heterocycles. The number of benzene rings is 1. The van der Waals surface area contributed by atoms with Crippen LogP contribution >= 0.6 is 0 Å². The summed E-state index contributed by atoms with van der Waals surface area (Å²) in [7, 11) is 0. The highest BCUT2D eigenvalue weighted by molar-refractivity contribution is 5.93. The number of hydrogen-bond donors (Lipinski definition) is 1. The molecule has 2 aliphatic heterocycles. The summed E-state index contributed by atoms with van der Waals surface area (Å²) in [5, 5.41) is 2.88. The molecule has 2 heterocycles. The van der Waals surface area contributed by atoms with E-state index >= 15 is 0 Å². The first-order chi connectivity index (χ1) is 7.17. The number of aryl methyl sites for hydroxylation is 1. The second-order valence-electron chi connectivity index (χ2n) is 4.44. The van der Waals surface area contributed by atoms with Crippen LogP contribution in [0.4, 0.5) is 5.69 Å². The van der Waals surface area contributed by atoms with Crippen molar-refractivity contribution in [3.05, 3.63) is 29.3 Å². The molecular formula is C12H13NO2. The van der Waals surface area contributed by atoms with Gasteiger partial charge in [-0.1, -0.05) is 12.1 Å². The lowest BCUT2D eigenvalue weighted by atomic mass is 9.95. The second-order valence-corrected chi connectivity index (χ2v) is 4.44. The predicted octanol–water partition coefficient (Wildman–Crippen LogP) is 1.82. The molecule has 1 aromatic rings. The van der Waals surface area contributed by atoms with Crippen LogP contribution in [0.5, 0.6) is 0 Å². The molecule has 0 aliphatic carbocycles. The summed E-state index contributed by atoms with van der Waals surface area (Å²) in [4.78, 5) is 11.2. The summed E-state index contributed by atoms with van der Waals surface area (Å²) in [6.07, 6.45) is 1.43. The lowest BCUT2D eigenvalue weighted by Crippen LogP contribution is -2.19. The molecule has 1 amide bonds. The highest BCUT2D eigenvalue weighted by Crippen LogP contribution is 2.39. The molecule has 1 fully saturated rings. The molecular weight excluding hydrogens is 190 g/mol. The van der Waals surface area contributed by atoms with Gasteiger partial charge in [-0.15, -0.1) is 0 Å². The summed E-state index contributed by atoms with van der Waals surface area (Å²) in [6.45, 7) is 2.90. The van der Waals surface area contributed by atoms with Crippen molar-refractivity contribution in [2.45, 2.75) is 25.4 Å². The zero-order chi connectivity index (χ0) is 10.5. The second kappa shape index (κ2) is 2.83. The minimum absolute atomic E-state index is 0.0729. The molecule has 3 heteroatoms. The van der Waals surface area contributed by atoms with Crippen molar-refractivity contribution >= 4 is 11.6 Å². The normalized spacial score (nSPS) is 28.2. The fraction of sp³-hybridized carbons (Fsp3) is 0.417. The van der Waals surface area contributed by atoms with Crippen LogP contribution in [0.15, 0.2) is 18.2 Å². The first kappa shape index (κ1) is 8.92. The number of rotatable bonds is 1. The van der Waals surface area contributed by atoms with Crippen molar-refractivity contribution in [1.82, 2.24) is 0 Å². The number of amides is 1. The fourth-order valence-corrected chi connectivity index (χ4v) is 1.99. The zero-order valence-electron chi connectivity index (χ0n) is 8.67. The smallest absolute Gasteiger partial charge is 0.224 e. The van der Waals surface area contributed by atoms with Crippen molar-refractivity contribution in [1.29, 1.82) is 0 Å². The number of hydrogen-bond acceptors (Lipinski definition) is 2. The molecule has 3 rings (SSSR count). The average molecular weight is 203 g/mol. The van der Waals surface area contributed by atoms with E-state index in [2.05, 4.69) is 18.3 Å². The van der Waals surface area contributed by atoms with E-state index in [9.17, 15) is 4.79 Å². The van der Waals surface area contributed by atoms with E-state index in [1.54, 1.807) is 0 Å². The Morgan fingerprint density at radius 3 is 2.93 bits per heavy atom. The highest BCUT2D eigenvalue weighted by atomic mass is 16.6. The number of fused-ring (bicyclic) bond motifs is 1. The maximum absolute atomic E-state index is 11.2. The Balaban J connectivity index is 1.99. The van der Waals surface area contributed by atoms with Crippen molar-refractivity contribution in [3.63, 3.8) is 0 Å². The van der Waals surface area contributed by atoms with E-state index in [4.69, 9.17) is 4.74 Å². The van der Waals surface area contributed by atoms with E-state index in [0.717, 1.165) is 18.7 Å². The van der Waals surface area contributed by atoms with E-state index in [1.807, 2.05) is 12.1 Å². The Morgan fingerprint density at radius 2 is 2.20 bits per heavy atom. The molecule has 1 N–H and O–H groups in total. The summed E-state index contributed by atoms with van der Waals surface area (Å²) >= 11 is 0. The number of nitrogens with one attached hydrogen (secondary N) is 1. The molecule has 2 aliphatic rings.